The molecule has 0 atom stereocenters. The molecule has 0 amide bonds. The van der Waals surface area contributed by atoms with Crippen LogP contribution in [-0.2, 0) is 6.42 Å². The van der Waals surface area contributed by atoms with Gasteiger partial charge in [-0.15, -0.1) is 0 Å². The molecule has 22 rings (SSSR count). The van der Waals surface area contributed by atoms with Crippen LogP contribution in [-0.4, -0.2) is 9.13 Å². The van der Waals surface area contributed by atoms with E-state index in [1.165, 1.54) is 154 Å². The van der Waals surface area contributed by atoms with Crippen LogP contribution < -0.4 is 9.80 Å². The second-order valence-electron chi connectivity index (χ2n) is 31.4. The smallest absolute Gasteiger partial charge is 0.0619 e. The van der Waals surface area contributed by atoms with Crippen LogP contribution in [0.5, 0.6) is 0 Å². The Morgan fingerprint density at radius 1 is 0.252 bits per heavy atom. The van der Waals surface area contributed by atoms with Gasteiger partial charge < -0.3 is 18.9 Å². The summed E-state index contributed by atoms with van der Waals surface area (Å²) in [4.78, 5) is 4.78. The maximum atomic E-state index is 2.49. The topological polar surface area (TPSA) is 16.3 Å². The molecule has 0 aliphatic heterocycles. The van der Waals surface area contributed by atoms with E-state index in [-0.39, 0.29) is 0 Å². The summed E-state index contributed by atoms with van der Waals surface area (Å²) in [6, 6.07) is 159. The molecular weight excluding hydrogens is 1440 g/mol. The fraction of sp³-hybridized carbons (Fsp3) is 0.0261. The van der Waals surface area contributed by atoms with Gasteiger partial charge in [0.2, 0.25) is 0 Å². The largest absolute Gasteiger partial charge is 0.313 e. The second kappa shape index (κ2) is 30.1. The lowest BCUT2D eigenvalue weighted by atomic mass is 9.92. The summed E-state index contributed by atoms with van der Waals surface area (Å²) in [5, 5.41) is 12.5. The molecule has 119 heavy (non-hydrogen) atoms. The zero-order valence-electron chi connectivity index (χ0n) is 65.6. The van der Waals surface area contributed by atoms with Crippen molar-refractivity contribution in [1.29, 1.82) is 0 Å². The number of allylic oxidation sites excluding steroid dienone is 4. The molecule has 19 aromatic carbocycles. The molecule has 0 N–H and O–H groups in total. The van der Waals surface area contributed by atoms with Crippen LogP contribution >= 0.6 is 0 Å². The minimum absolute atomic E-state index is 0.809. The van der Waals surface area contributed by atoms with Gasteiger partial charge >= 0.3 is 0 Å². The lowest BCUT2D eigenvalue weighted by Crippen LogP contribution is -2.10. The maximum Gasteiger partial charge on any atom is 0.0619 e. The number of rotatable bonds is 17. The van der Waals surface area contributed by atoms with E-state index in [2.05, 4.69) is 468 Å². The molecule has 4 heteroatoms. The van der Waals surface area contributed by atoms with E-state index in [1.807, 2.05) is 0 Å². The highest BCUT2D eigenvalue weighted by atomic mass is 15.1. The Hall–Kier alpha value is -15.4. The monoisotopic (exact) mass is 1520 g/mol. The van der Waals surface area contributed by atoms with Crippen molar-refractivity contribution >= 4 is 116 Å². The Labute approximate surface area is 692 Å². The predicted molar refractivity (Wildman–Crippen MR) is 506 cm³/mol. The van der Waals surface area contributed by atoms with Crippen molar-refractivity contribution in [3.8, 4) is 83.6 Å². The average Bonchev–Trinajstić information content (AvgIpc) is 1.58. The Balaban J connectivity index is 0.504. The summed E-state index contributed by atoms with van der Waals surface area (Å²) in [6.45, 7) is 0. The maximum absolute atomic E-state index is 2.49. The third-order valence-corrected chi connectivity index (χ3v) is 24.4. The van der Waals surface area contributed by atoms with Crippen molar-refractivity contribution in [3.63, 3.8) is 0 Å². The van der Waals surface area contributed by atoms with E-state index >= 15 is 0 Å². The number of hydrogen-bond donors (Lipinski definition) is 0. The van der Waals surface area contributed by atoms with E-state index in [1.54, 1.807) is 0 Å². The molecule has 0 unspecified atom stereocenters. The van der Waals surface area contributed by atoms with Gasteiger partial charge in [0, 0.05) is 72.1 Å². The number of aromatic nitrogens is 2. The lowest BCUT2D eigenvalue weighted by Gasteiger charge is -2.27. The minimum atomic E-state index is 0.809. The second-order valence-corrected chi connectivity index (χ2v) is 31.4. The Kier molecular flexibility index (Phi) is 17.8. The van der Waals surface area contributed by atoms with Crippen molar-refractivity contribution in [2.24, 2.45) is 0 Å². The number of benzene rings is 19. The van der Waals surface area contributed by atoms with E-state index in [9.17, 15) is 0 Å². The summed E-state index contributed by atoms with van der Waals surface area (Å²) in [5.74, 6) is 0. The first-order chi connectivity index (χ1) is 59.0. The number of nitrogens with zero attached hydrogens (tertiary/aromatic N) is 4. The van der Waals surface area contributed by atoms with Crippen LogP contribution in [0.4, 0.5) is 34.1 Å². The SMILES string of the molecule is C1=CCCC(n2c3ccc(-c4ccc(N(c5ccc(-c6cccc(-c7ccccc7Cc7ccc(-c8ccc(-c9ccc(N(c%10ccc(-c%11ccccc%11)cc%10)c%10ccc(-c%11ccc%12c(c%11)c%11ccc%13ccccc%13c%11n%12-c%11ccccc%11)cc%10)cc9)cc8)cc7)c6)cc5)c5cccc6ccccc56)cc4)cc3c3c4ccccc4ccc32)=C1. The molecule has 2 heterocycles. The molecule has 0 saturated heterocycles. The van der Waals surface area contributed by atoms with Gasteiger partial charge in [-0.3, -0.25) is 0 Å². The fourth-order valence-corrected chi connectivity index (χ4v) is 18.5. The Bertz CT molecular complexity index is 7480. The van der Waals surface area contributed by atoms with Crippen molar-refractivity contribution in [2.75, 3.05) is 9.80 Å². The van der Waals surface area contributed by atoms with Crippen LogP contribution in [0.3, 0.4) is 0 Å². The van der Waals surface area contributed by atoms with Gasteiger partial charge in [0.05, 0.1) is 27.8 Å². The van der Waals surface area contributed by atoms with E-state index < -0.39 is 0 Å². The predicted octanol–water partition coefficient (Wildman–Crippen LogP) is 31.7. The molecule has 1 aliphatic carbocycles. The van der Waals surface area contributed by atoms with Crippen LogP contribution in [0.2, 0.25) is 0 Å². The van der Waals surface area contributed by atoms with Gasteiger partial charge in [0.25, 0.3) is 0 Å². The van der Waals surface area contributed by atoms with Gasteiger partial charge in [-0.25, -0.2) is 0 Å². The Morgan fingerprint density at radius 3 is 1.26 bits per heavy atom. The first kappa shape index (κ1) is 70.3. The first-order valence-electron chi connectivity index (χ1n) is 41.4. The number of hydrogen-bond acceptors (Lipinski definition) is 2. The van der Waals surface area contributed by atoms with Gasteiger partial charge in [-0.2, -0.15) is 0 Å². The minimum Gasteiger partial charge on any atom is -0.313 e. The first-order valence-corrected chi connectivity index (χ1v) is 41.4. The van der Waals surface area contributed by atoms with Gasteiger partial charge in [-0.05, 0) is 251 Å². The van der Waals surface area contributed by atoms with Crippen molar-refractivity contribution in [3.05, 3.63) is 460 Å². The summed E-state index contributed by atoms with van der Waals surface area (Å²) < 4.78 is 4.93. The molecular formula is C115H80N4. The van der Waals surface area contributed by atoms with Crippen LogP contribution in [0, 0.1) is 0 Å². The highest BCUT2D eigenvalue weighted by Gasteiger charge is 2.23. The lowest BCUT2D eigenvalue weighted by molar-refractivity contribution is 0.979. The summed E-state index contributed by atoms with van der Waals surface area (Å²) in [7, 11) is 0. The molecule has 0 saturated carbocycles. The van der Waals surface area contributed by atoms with Crippen molar-refractivity contribution in [2.45, 2.75) is 19.3 Å². The van der Waals surface area contributed by atoms with Gasteiger partial charge in [-0.1, -0.05) is 328 Å². The number of para-hydroxylation sites is 1. The highest BCUT2D eigenvalue weighted by molar-refractivity contribution is 6.23. The third-order valence-electron chi connectivity index (χ3n) is 24.4. The van der Waals surface area contributed by atoms with E-state index in [4.69, 9.17) is 0 Å². The molecule has 0 bridgehead atoms. The van der Waals surface area contributed by atoms with Crippen LogP contribution in [0.15, 0.2) is 449 Å². The molecule has 21 aromatic rings. The molecule has 4 nitrogen and oxygen atoms in total. The third kappa shape index (κ3) is 13.0. The van der Waals surface area contributed by atoms with E-state index in [0.717, 1.165) is 75.8 Å². The van der Waals surface area contributed by atoms with Crippen molar-refractivity contribution < 1.29 is 0 Å². The van der Waals surface area contributed by atoms with Gasteiger partial charge in [0.1, 0.15) is 0 Å². The average molecular weight is 1520 g/mol. The van der Waals surface area contributed by atoms with Crippen LogP contribution in [0.1, 0.15) is 24.0 Å². The molecule has 560 valence electrons. The van der Waals surface area contributed by atoms with Crippen molar-refractivity contribution in [1.82, 2.24) is 9.13 Å². The zero-order chi connectivity index (χ0) is 78.7. The summed E-state index contributed by atoms with van der Waals surface area (Å²) >= 11 is 0. The Morgan fingerprint density at radius 2 is 0.664 bits per heavy atom. The quantitative estimate of drug-likeness (QED) is 0.0903. The number of fused-ring (bicyclic) bond motifs is 11. The normalized spacial score (nSPS) is 12.2. The molecule has 0 radical (unpaired) electrons. The summed E-state index contributed by atoms with van der Waals surface area (Å²) in [6.07, 6.45) is 9.63. The summed E-state index contributed by atoms with van der Waals surface area (Å²) in [5.41, 5.74) is 33.1. The molecule has 0 fully saturated rings. The van der Waals surface area contributed by atoms with Crippen LogP contribution in [0.25, 0.3) is 165 Å². The molecule has 0 spiro atoms. The fourth-order valence-electron chi connectivity index (χ4n) is 18.5. The van der Waals surface area contributed by atoms with E-state index in [0.29, 0.717) is 0 Å². The highest BCUT2D eigenvalue weighted by Crippen LogP contribution is 2.46. The number of anilines is 6. The molecule has 1 aliphatic rings. The van der Waals surface area contributed by atoms with Gasteiger partial charge in [0.15, 0.2) is 0 Å². The molecule has 2 aromatic heterocycles. The standard InChI is InChI=1S/C115H80N4/c1-4-20-79(21-5-1)83-46-60-98(61-47-83)116(100-64-50-86(51-65-100)92-58-71-111-108(76-92)107-70-56-90-24-12-17-36-106(90)115(107)119(111)97-31-8-3-9-32-97)99-62-48-84(49-63-99)82-44-42-81(43-45-82)80-40-38-78(39-41-80)74-94-25-13-14-33-103(94)95-28-18-27-91(75-95)85-52-66-101(67-53-85)117(110-37-19-26-88-22-10-15-34-104(88)110)102-68-54-87(55-69-102)93-59-72-112-109(77-93)114-105-35-16-11-23-89(105)57-73-113(114)118(112)96-29-6-2-7-30-96/h1-6,8-29,31-73,75-77H,7,30,74H2. The zero-order valence-corrected chi connectivity index (χ0v) is 65.6.